The quantitative estimate of drug-likeness (QED) is 0.793. The summed E-state index contributed by atoms with van der Waals surface area (Å²) in [5.74, 6) is 1.06. The van der Waals surface area contributed by atoms with Gasteiger partial charge in [-0.25, -0.2) is 0 Å². The summed E-state index contributed by atoms with van der Waals surface area (Å²) in [5.41, 5.74) is 1.35. The van der Waals surface area contributed by atoms with Crippen molar-refractivity contribution in [3.05, 3.63) is 54.1 Å². The van der Waals surface area contributed by atoms with Crippen LogP contribution in [0.5, 0.6) is 11.5 Å². The minimum Gasteiger partial charge on any atom is -0.486 e. The van der Waals surface area contributed by atoms with Gasteiger partial charge in [0.25, 0.3) is 0 Å². The topological polar surface area (TPSA) is 55.8 Å². The molecule has 0 unspecified atom stereocenters. The molecule has 1 aliphatic heterocycles. The first kappa shape index (κ1) is 16.1. The van der Waals surface area contributed by atoms with Crippen LogP contribution in [0.3, 0.4) is 0 Å². The lowest BCUT2D eigenvalue weighted by Gasteiger charge is -2.19. The number of benzene rings is 2. The summed E-state index contributed by atoms with van der Waals surface area (Å²) >= 11 is 0. The summed E-state index contributed by atoms with van der Waals surface area (Å²) < 4.78 is 10.9. The summed E-state index contributed by atoms with van der Waals surface area (Å²) in [4.78, 5) is 26.1. The number of rotatable bonds is 5. The Balaban J connectivity index is 1.60. The van der Waals surface area contributed by atoms with Crippen molar-refractivity contribution in [2.24, 2.45) is 0 Å². The Morgan fingerprint density at radius 3 is 2.42 bits per heavy atom. The van der Waals surface area contributed by atoms with Gasteiger partial charge in [-0.2, -0.15) is 0 Å². The second-order valence-electron chi connectivity index (χ2n) is 5.57. The molecule has 0 N–H and O–H groups in total. The molecule has 5 nitrogen and oxygen atoms in total. The number of Topliss-reactive ketones (excluding diaryl/α,β-unsaturated/α-hetero) is 1. The van der Waals surface area contributed by atoms with Crippen molar-refractivity contribution >= 4 is 17.4 Å². The third-order valence-corrected chi connectivity index (χ3v) is 3.95. The van der Waals surface area contributed by atoms with Crippen molar-refractivity contribution in [1.29, 1.82) is 0 Å². The fourth-order valence-corrected chi connectivity index (χ4v) is 2.54. The van der Waals surface area contributed by atoms with Crippen LogP contribution >= 0.6 is 0 Å². The van der Waals surface area contributed by atoms with E-state index in [1.807, 2.05) is 30.3 Å². The van der Waals surface area contributed by atoms with Crippen LogP contribution in [-0.2, 0) is 4.79 Å². The van der Waals surface area contributed by atoms with Crippen molar-refractivity contribution < 1.29 is 19.1 Å². The monoisotopic (exact) mass is 325 g/mol. The number of carbonyl (C=O) groups excluding carboxylic acids is 2. The second kappa shape index (κ2) is 7.17. The van der Waals surface area contributed by atoms with Crippen molar-refractivity contribution in [2.45, 2.75) is 12.8 Å². The summed E-state index contributed by atoms with van der Waals surface area (Å²) in [6, 6.07) is 14.5. The van der Waals surface area contributed by atoms with E-state index in [2.05, 4.69) is 0 Å². The van der Waals surface area contributed by atoms with Gasteiger partial charge in [-0.15, -0.1) is 0 Å². The van der Waals surface area contributed by atoms with Crippen LogP contribution in [-0.4, -0.2) is 32.0 Å². The van der Waals surface area contributed by atoms with E-state index in [9.17, 15) is 9.59 Å². The highest BCUT2D eigenvalue weighted by Gasteiger charge is 2.17. The number of ether oxygens (including phenoxy) is 2. The number of hydrogen-bond donors (Lipinski definition) is 0. The number of anilines is 1. The van der Waals surface area contributed by atoms with Crippen LogP contribution in [0.2, 0.25) is 0 Å². The predicted octanol–water partition coefficient (Wildman–Crippen LogP) is 3.08. The number of nitrogens with zero attached hydrogens (tertiary/aromatic N) is 1. The maximum atomic E-state index is 12.3. The zero-order valence-corrected chi connectivity index (χ0v) is 13.5. The highest BCUT2D eigenvalue weighted by molar-refractivity contribution is 6.01. The second-order valence-corrected chi connectivity index (χ2v) is 5.57. The first-order chi connectivity index (χ1) is 11.6. The molecule has 1 aliphatic rings. The molecule has 24 heavy (non-hydrogen) atoms. The van der Waals surface area contributed by atoms with Crippen molar-refractivity contribution in [2.75, 3.05) is 25.2 Å². The molecule has 0 aliphatic carbocycles. The molecule has 2 aromatic carbocycles. The van der Waals surface area contributed by atoms with E-state index >= 15 is 0 Å². The van der Waals surface area contributed by atoms with E-state index in [-0.39, 0.29) is 24.5 Å². The molecule has 124 valence electrons. The molecule has 3 rings (SSSR count). The van der Waals surface area contributed by atoms with Gasteiger partial charge < -0.3 is 14.4 Å². The molecule has 5 heteroatoms. The van der Waals surface area contributed by atoms with Gasteiger partial charge in [0.1, 0.15) is 13.2 Å². The van der Waals surface area contributed by atoms with Gasteiger partial charge in [0.15, 0.2) is 17.3 Å². The molecule has 0 radical (unpaired) electrons. The predicted molar refractivity (Wildman–Crippen MR) is 90.8 cm³/mol. The minimum atomic E-state index is -0.0907. The Bertz CT molecular complexity index is 742. The van der Waals surface area contributed by atoms with Gasteiger partial charge in [0.05, 0.1) is 0 Å². The number of fused-ring (bicyclic) bond motifs is 1. The average Bonchev–Trinajstić information content (AvgIpc) is 2.65. The van der Waals surface area contributed by atoms with Crippen LogP contribution in [0.1, 0.15) is 23.2 Å². The maximum absolute atomic E-state index is 12.3. The van der Waals surface area contributed by atoms with Gasteiger partial charge in [0.2, 0.25) is 5.91 Å². The van der Waals surface area contributed by atoms with Crippen molar-refractivity contribution in [1.82, 2.24) is 0 Å². The molecule has 0 saturated heterocycles. The summed E-state index contributed by atoms with van der Waals surface area (Å²) in [7, 11) is 1.71. The van der Waals surface area contributed by atoms with E-state index in [0.717, 1.165) is 5.69 Å². The molecule has 0 atom stereocenters. The molecule has 0 bridgehead atoms. The average molecular weight is 325 g/mol. The summed E-state index contributed by atoms with van der Waals surface area (Å²) in [6.07, 6.45) is 0.328. The van der Waals surface area contributed by atoms with Crippen molar-refractivity contribution in [3.63, 3.8) is 0 Å². The zero-order valence-electron chi connectivity index (χ0n) is 13.5. The van der Waals surface area contributed by atoms with Crippen LogP contribution in [0, 0.1) is 0 Å². The first-order valence-corrected chi connectivity index (χ1v) is 7.89. The number of carbonyl (C=O) groups is 2. The first-order valence-electron chi connectivity index (χ1n) is 7.89. The Morgan fingerprint density at radius 2 is 1.67 bits per heavy atom. The molecule has 2 aromatic rings. The Labute approximate surface area is 140 Å². The fraction of sp³-hybridized carbons (Fsp3) is 0.263. The highest BCUT2D eigenvalue weighted by atomic mass is 16.6. The van der Waals surface area contributed by atoms with E-state index in [1.54, 1.807) is 30.1 Å². The summed E-state index contributed by atoms with van der Waals surface area (Å²) in [5, 5.41) is 0. The summed E-state index contributed by atoms with van der Waals surface area (Å²) in [6.45, 7) is 0.992. The number of amides is 1. The van der Waals surface area contributed by atoms with Gasteiger partial charge in [-0.1, -0.05) is 18.2 Å². The minimum absolute atomic E-state index is 0.0817. The van der Waals surface area contributed by atoms with E-state index < -0.39 is 0 Å². The van der Waals surface area contributed by atoms with Crippen LogP contribution in [0.15, 0.2) is 48.5 Å². The van der Waals surface area contributed by atoms with Gasteiger partial charge in [0, 0.05) is 31.1 Å². The lowest BCUT2D eigenvalue weighted by atomic mass is 10.1. The molecule has 0 aromatic heterocycles. The highest BCUT2D eigenvalue weighted by Crippen LogP contribution is 2.31. The van der Waals surface area contributed by atoms with Crippen LogP contribution < -0.4 is 14.4 Å². The third-order valence-electron chi connectivity index (χ3n) is 3.95. The van der Waals surface area contributed by atoms with E-state index in [4.69, 9.17) is 9.47 Å². The SMILES string of the molecule is CN(C(=O)CCC(=O)c1ccc2c(c1)OCCO2)c1ccccc1. The zero-order chi connectivity index (χ0) is 16.9. The largest absolute Gasteiger partial charge is 0.486 e. The molecule has 1 heterocycles. The van der Waals surface area contributed by atoms with Gasteiger partial charge in [-0.3, -0.25) is 9.59 Å². The maximum Gasteiger partial charge on any atom is 0.227 e. The number of hydrogen-bond acceptors (Lipinski definition) is 4. The number of para-hydroxylation sites is 1. The molecule has 0 fully saturated rings. The molecular weight excluding hydrogens is 306 g/mol. The number of ketones is 1. The molecule has 0 spiro atoms. The van der Waals surface area contributed by atoms with Gasteiger partial charge >= 0.3 is 0 Å². The third kappa shape index (κ3) is 3.56. The lowest BCUT2D eigenvalue weighted by molar-refractivity contribution is -0.118. The Morgan fingerprint density at radius 1 is 0.958 bits per heavy atom. The Hall–Kier alpha value is -2.82. The van der Waals surface area contributed by atoms with Gasteiger partial charge in [-0.05, 0) is 30.3 Å². The normalized spacial score (nSPS) is 12.5. The molecular formula is C19H19NO4. The lowest BCUT2D eigenvalue weighted by Crippen LogP contribution is -2.26. The van der Waals surface area contributed by atoms with E-state index in [1.165, 1.54) is 0 Å². The fourth-order valence-electron chi connectivity index (χ4n) is 2.54. The Kier molecular flexibility index (Phi) is 4.79. The smallest absolute Gasteiger partial charge is 0.227 e. The van der Waals surface area contributed by atoms with E-state index in [0.29, 0.717) is 30.3 Å². The molecule has 1 amide bonds. The van der Waals surface area contributed by atoms with Crippen LogP contribution in [0.4, 0.5) is 5.69 Å². The van der Waals surface area contributed by atoms with Crippen molar-refractivity contribution in [3.8, 4) is 11.5 Å². The standard InChI is InChI=1S/C19H19NO4/c1-20(15-5-3-2-4-6-15)19(22)10-8-16(21)14-7-9-17-18(13-14)24-12-11-23-17/h2-7,9,13H,8,10-12H2,1H3. The van der Waals surface area contributed by atoms with Crippen LogP contribution in [0.25, 0.3) is 0 Å². The molecule has 0 saturated carbocycles.